The summed E-state index contributed by atoms with van der Waals surface area (Å²) in [6.07, 6.45) is 0.150. The Morgan fingerprint density at radius 1 is 1.24 bits per heavy atom. The predicted molar refractivity (Wildman–Crippen MR) is 87.8 cm³/mol. The molecule has 0 bridgehead atoms. The molecule has 0 radical (unpaired) electrons. The number of aromatic nitrogens is 1. The third-order valence-electron chi connectivity index (χ3n) is 4.21. The number of aryl methyl sites for hydroxylation is 1. The first kappa shape index (κ1) is 15.5. The van der Waals surface area contributed by atoms with Gasteiger partial charge in [-0.05, 0) is 19.1 Å². The summed E-state index contributed by atoms with van der Waals surface area (Å²) in [6, 6.07) is 6.98. The van der Waals surface area contributed by atoms with E-state index in [2.05, 4.69) is 10.5 Å². The van der Waals surface area contributed by atoms with Crippen molar-refractivity contribution in [2.24, 2.45) is 5.92 Å². The molecule has 1 atom stereocenters. The topological polar surface area (TPSA) is 93.9 Å². The van der Waals surface area contributed by atoms with E-state index in [9.17, 15) is 9.59 Å². The minimum absolute atomic E-state index is 0.104. The number of nitrogens with zero attached hydrogens (tertiary/aromatic N) is 2. The van der Waals surface area contributed by atoms with Gasteiger partial charge in [0.15, 0.2) is 17.3 Å². The van der Waals surface area contributed by atoms with Crippen LogP contribution in [-0.2, 0) is 9.59 Å². The second kappa shape index (κ2) is 6.12. The molecule has 2 amide bonds. The molecule has 25 heavy (non-hydrogen) atoms. The Kier molecular flexibility index (Phi) is 3.79. The Hall–Kier alpha value is -3.03. The lowest BCUT2D eigenvalue weighted by Gasteiger charge is -2.22. The van der Waals surface area contributed by atoms with Crippen LogP contribution in [0.1, 0.15) is 12.2 Å². The largest absolute Gasteiger partial charge is 0.486 e. The summed E-state index contributed by atoms with van der Waals surface area (Å²) in [5.41, 5.74) is 0.696. The quantitative estimate of drug-likeness (QED) is 0.912. The van der Waals surface area contributed by atoms with Crippen LogP contribution in [0.2, 0.25) is 0 Å². The van der Waals surface area contributed by atoms with Gasteiger partial charge < -0.3 is 24.2 Å². The van der Waals surface area contributed by atoms with Crippen molar-refractivity contribution in [1.82, 2.24) is 5.16 Å². The average Bonchev–Trinajstić information content (AvgIpc) is 3.20. The number of benzene rings is 1. The summed E-state index contributed by atoms with van der Waals surface area (Å²) in [6.45, 7) is 3.04. The lowest BCUT2D eigenvalue weighted by atomic mass is 10.1. The van der Waals surface area contributed by atoms with Crippen molar-refractivity contribution in [3.05, 3.63) is 30.0 Å². The molecule has 1 aromatic carbocycles. The van der Waals surface area contributed by atoms with Gasteiger partial charge >= 0.3 is 0 Å². The minimum atomic E-state index is -0.447. The van der Waals surface area contributed by atoms with Gasteiger partial charge in [-0.2, -0.15) is 0 Å². The number of fused-ring (bicyclic) bond motifs is 1. The molecule has 4 rings (SSSR count). The second-order valence-electron chi connectivity index (χ2n) is 6.05. The number of amides is 2. The molecule has 0 aliphatic carbocycles. The van der Waals surface area contributed by atoms with Crippen LogP contribution in [0.3, 0.4) is 0 Å². The van der Waals surface area contributed by atoms with Crippen LogP contribution in [0.25, 0.3) is 0 Å². The summed E-state index contributed by atoms with van der Waals surface area (Å²) in [5.74, 6) is 1.44. The first-order chi connectivity index (χ1) is 12.1. The summed E-state index contributed by atoms with van der Waals surface area (Å²) >= 11 is 0. The van der Waals surface area contributed by atoms with E-state index < -0.39 is 5.92 Å². The molecule has 2 aliphatic heterocycles. The van der Waals surface area contributed by atoms with Crippen LogP contribution >= 0.6 is 0 Å². The SMILES string of the molecule is Cc1cc(NC(=O)[C@H]2CC(=O)N(c3ccc4c(c3)OCCO4)C2)no1. The highest BCUT2D eigenvalue weighted by Gasteiger charge is 2.36. The van der Waals surface area contributed by atoms with Crippen molar-refractivity contribution in [3.8, 4) is 11.5 Å². The van der Waals surface area contributed by atoms with E-state index in [1.54, 1.807) is 36.1 Å². The van der Waals surface area contributed by atoms with Crippen molar-refractivity contribution >= 4 is 23.3 Å². The molecule has 1 N–H and O–H groups in total. The maximum atomic E-state index is 12.4. The van der Waals surface area contributed by atoms with Crippen LogP contribution < -0.4 is 19.7 Å². The minimum Gasteiger partial charge on any atom is -0.486 e. The Balaban J connectivity index is 1.47. The number of hydrogen-bond acceptors (Lipinski definition) is 6. The molecule has 1 aromatic heterocycles. The van der Waals surface area contributed by atoms with Gasteiger partial charge in [0.2, 0.25) is 11.8 Å². The van der Waals surface area contributed by atoms with Crippen LogP contribution in [0.15, 0.2) is 28.8 Å². The zero-order chi connectivity index (χ0) is 17.4. The Bertz CT molecular complexity index is 831. The molecule has 1 fully saturated rings. The molecule has 2 aliphatic rings. The van der Waals surface area contributed by atoms with E-state index in [1.807, 2.05) is 0 Å². The molecule has 1 saturated heterocycles. The zero-order valence-corrected chi connectivity index (χ0v) is 13.7. The summed E-state index contributed by atoms with van der Waals surface area (Å²) in [4.78, 5) is 26.3. The summed E-state index contributed by atoms with van der Waals surface area (Å²) < 4.78 is 16.0. The van der Waals surface area contributed by atoms with Crippen LogP contribution in [0.4, 0.5) is 11.5 Å². The van der Waals surface area contributed by atoms with Gasteiger partial charge in [0.05, 0.1) is 5.92 Å². The molecule has 2 aromatic rings. The van der Waals surface area contributed by atoms with Crippen molar-refractivity contribution in [2.45, 2.75) is 13.3 Å². The maximum absolute atomic E-state index is 12.4. The van der Waals surface area contributed by atoms with Crippen molar-refractivity contribution in [1.29, 1.82) is 0 Å². The number of ether oxygens (including phenoxy) is 2. The molecular weight excluding hydrogens is 326 g/mol. The predicted octanol–water partition coefficient (Wildman–Crippen LogP) is 1.75. The summed E-state index contributed by atoms with van der Waals surface area (Å²) in [5, 5.41) is 6.42. The summed E-state index contributed by atoms with van der Waals surface area (Å²) in [7, 11) is 0. The number of carbonyl (C=O) groups is 2. The molecule has 0 unspecified atom stereocenters. The number of hydrogen-bond donors (Lipinski definition) is 1. The third kappa shape index (κ3) is 3.02. The van der Waals surface area contributed by atoms with Gasteiger partial charge in [-0.1, -0.05) is 5.16 Å². The van der Waals surface area contributed by atoms with Crippen LogP contribution in [0.5, 0.6) is 11.5 Å². The molecular formula is C17H17N3O5. The lowest BCUT2D eigenvalue weighted by Crippen LogP contribution is -2.28. The number of carbonyl (C=O) groups excluding carboxylic acids is 2. The highest BCUT2D eigenvalue weighted by molar-refractivity contribution is 6.03. The molecule has 8 nitrogen and oxygen atoms in total. The van der Waals surface area contributed by atoms with E-state index in [0.29, 0.717) is 48.5 Å². The first-order valence-electron chi connectivity index (χ1n) is 8.04. The monoisotopic (exact) mass is 343 g/mol. The lowest BCUT2D eigenvalue weighted by molar-refractivity contribution is -0.122. The normalized spacial score (nSPS) is 19.2. The van der Waals surface area contributed by atoms with Gasteiger partial charge in [-0.15, -0.1) is 0 Å². The fourth-order valence-corrected chi connectivity index (χ4v) is 2.99. The van der Waals surface area contributed by atoms with Gasteiger partial charge in [0, 0.05) is 30.8 Å². The zero-order valence-electron chi connectivity index (χ0n) is 13.7. The fourth-order valence-electron chi connectivity index (χ4n) is 2.99. The Labute approximate surface area is 143 Å². The van der Waals surface area contributed by atoms with Crippen molar-refractivity contribution < 1.29 is 23.6 Å². The molecule has 8 heteroatoms. The van der Waals surface area contributed by atoms with E-state index >= 15 is 0 Å². The Morgan fingerprint density at radius 2 is 2.04 bits per heavy atom. The molecule has 0 saturated carbocycles. The van der Waals surface area contributed by atoms with E-state index in [0.717, 1.165) is 0 Å². The van der Waals surface area contributed by atoms with Crippen molar-refractivity contribution in [2.75, 3.05) is 30.0 Å². The third-order valence-corrected chi connectivity index (χ3v) is 4.21. The molecule has 3 heterocycles. The molecule has 0 spiro atoms. The highest BCUT2D eigenvalue weighted by atomic mass is 16.6. The molecule has 130 valence electrons. The highest BCUT2D eigenvalue weighted by Crippen LogP contribution is 2.36. The second-order valence-corrected chi connectivity index (χ2v) is 6.05. The Morgan fingerprint density at radius 3 is 2.80 bits per heavy atom. The maximum Gasteiger partial charge on any atom is 0.231 e. The van der Waals surface area contributed by atoms with E-state index in [4.69, 9.17) is 14.0 Å². The number of nitrogens with one attached hydrogen (secondary N) is 1. The van der Waals surface area contributed by atoms with Gasteiger partial charge in [-0.3, -0.25) is 9.59 Å². The van der Waals surface area contributed by atoms with Gasteiger partial charge in [-0.25, -0.2) is 0 Å². The number of rotatable bonds is 3. The smallest absolute Gasteiger partial charge is 0.231 e. The first-order valence-corrected chi connectivity index (χ1v) is 8.04. The van der Waals surface area contributed by atoms with E-state index in [1.165, 1.54) is 0 Å². The number of anilines is 2. The van der Waals surface area contributed by atoms with Crippen LogP contribution in [0, 0.1) is 12.8 Å². The standard InChI is InChI=1S/C17H17N3O5/c1-10-6-15(19-25-10)18-17(22)11-7-16(21)20(9-11)12-2-3-13-14(8-12)24-5-4-23-13/h2-3,6,8,11H,4-5,7,9H2,1H3,(H,18,19,22)/t11-/m0/s1. The van der Waals surface area contributed by atoms with E-state index in [-0.39, 0.29) is 18.2 Å². The fraction of sp³-hybridized carbons (Fsp3) is 0.353. The van der Waals surface area contributed by atoms with Crippen molar-refractivity contribution in [3.63, 3.8) is 0 Å². The average molecular weight is 343 g/mol. The van der Waals surface area contributed by atoms with Crippen LogP contribution in [-0.4, -0.2) is 36.7 Å². The van der Waals surface area contributed by atoms with Gasteiger partial charge in [0.25, 0.3) is 0 Å². The van der Waals surface area contributed by atoms with Gasteiger partial charge in [0.1, 0.15) is 19.0 Å².